The number of amides is 3. The molecule has 9 rings (SSSR count). The maximum absolute atomic E-state index is 15.0. The van der Waals surface area contributed by atoms with Crippen molar-refractivity contribution in [2.24, 2.45) is 0 Å². The largest absolute Gasteiger partial charge is 0.494 e. The highest BCUT2D eigenvalue weighted by atomic mass is 79.9. The van der Waals surface area contributed by atoms with Crippen molar-refractivity contribution in [1.82, 2.24) is 30.1 Å². The van der Waals surface area contributed by atoms with Crippen LogP contribution in [0.25, 0.3) is 10.9 Å². The standard InChI is InChI=1S/C50H58BrF2N10O5P/c1-4-30-24-41(58-50-55-28-36(51)48(60-50)57-40-12-11-39-34(9-8-31(5-2)56-39)47(40)69(67)22-6-7-23-69)43(68-3)27-42(30)62-16-14-33(15-17-62)61-18-20-63(21-19-61)45(65)29-54-32-25-37(52)46(38(53)26-32)35-10-13-44(64)59-49(35)66/h8-9,11-12,24-28,33,35,54H,4-7,10,13-23,29H2,1-3H3,(H,59,64,66)(H2,55,57,58,60). The summed E-state index contributed by atoms with van der Waals surface area (Å²) in [6.07, 6.45) is 8.51. The van der Waals surface area contributed by atoms with E-state index >= 15 is 8.78 Å². The van der Waals surface area contributed by atoms with Crippen molar-refractivity contribution in [3.05, 3.63) is 87.7 Å². The van der Waals surface area contributed by atoms with Crippen molar-refractivity contribution >= 4 is 91.5 Å². The Balaban J connectivity index is 0.807. The van der Waals surface area contributed by atoms with Gasteiger partial charge in [0.05, 0.1) is 40.9 Å². The molecule has 15 nitrogen and oxygen atoms in total. The van der Waals surface area contributed by atoms with Crippen molar-refractivity contribution in [1.29, 1.82) is 0 Å². The van der Waals surface area contributed by atoms with Crippen molar-refractivity contribution in [3.8, 4) is 5.75 Å². The van der Waals surface area contributed by atoms with Crippen LogP contribution in [0.15, 0.2) is 59.2 Å². The van der Waals surface area contributed by atoms with E-state index in [9.17, 15) is 18.9 Å². The molecule has 0 aliphatic carbocycles. The van der Waals surface area contributed by atoms with Crippen LogP contribution in [-0.2, 0) is 31.8 Å². The normalized spacial score (nSPS) is 18.9. The molecule has 3 amide bonds. The molecule has 1 atom stereocenters. The van der Waals surface area contributed by atoms with E-state index in [0.717, 1.165) is 121 Å². The van der Waals surface area contributed by atoms with Crippen molar-refractivity contribution in [2.45, 2.75) is 77.2 Å². The lowest BCUT2D eigenvalue weighted by Gasteiger charge is -2.43. The number of methoxy groups -OCH3 is 1. The third-order valence-electron chi connectivity index (χ3n) is 14.1. The van der Waals surface area contributed by atoms with Crippen LogP contribution < -0.4 is 36.2 Å². The highest BCUT2D eigenvalue weighted by molar-refractivity contribution is 9.10. The lowest BCUT2D eigenvalue weighted by Crippen LogP contribution is -2.55. The molecule has 4 N–H and O–H groups in total. The number of piperidine rings is 2. The molecular weight excluding hydrogens is 969 g/mol. The number of halogens is 3. The van der Waals surface area contributed by atoms with Gasteiger partial charge in [-0.1, -0.05) is 19.9 Å². The first kappa shape index (κ1) is 48.3. The van der Waals surface area contributed by atoms with Gasteiger partial charge in [0.25, 0.3) is 0 Å². The molecular formula is C50H58BrF2N10O5P. The number of hydrogen-bond donors (Lipinski definition) is 4. The first-order valence-corrected chi connectivity index (χ1v) is 26.8. The van der Waals surface area contributed by atoms with E-state index in [1.54, 1.807) is 18.2 Å². The number of pyridine rings is 1. The zero-order chi connectivity index (χ0) is 48.4. The fraction of sp³-hybridized carbons (Fsp3) is 0.440. The van der Waals surface area contributed by atoms with E-state index in [1.807, 2.05) is 18.2 Å². The van der Waals surface area contributed by atoms with Gasteiger partial charge in [-0.05, 0) is 103 Å². The summed E-state index contributed by atoms with van der Waals surface area (Å²) >= 11 is 3.65. The second-order valence-corrected chi connectivity index (χ2v) is 22.2. The van der Waals surface area contributed by atoms with Crippen LogP contribution >= 0.6 is 23.1 Å². The Hall–Kier alpha value is -5.71. The molecule has 1 unspecified atom stereocenters. The summed E-state index contributed by atoms with van der Waals surface area (Å²) in [6, 6.07) is 14.8. The quantitative estimate of drug-likeness (QED) is 0.0620. The molecule has 69 heavy (non-hydrogen) atoms. The Bertz CT molecular complexity index is 2810. The lowest BCUT2D eigenvalue weighted by atomic mass is 9.89. The Morgan fingerprint density at radius 2 is 1.64 bits per heavy atom. The van der Waals surface area contributed by atoms with Gasteiger partial charge in [-0.25, -0.2) is 13.8 Å². The minimum Gasteiger partial charge on any atom is -0.494 e. The molecule has 0 bridgehead atoms. The van der Waals surface area contributed by atoms with Gasteiger partial charge in [0.15, 0.2) is 0 Å². The number of benzene rings is 3. The molecule has 4 saturated heterocycles. The third kappa shape index (κ3) is 10.3. The number of nitrogens with zero attached hydrogens (tertiary/aromatic N) is 6. The van der Waals surface area contributed by atoms with E-state index in [2.05, 4.69) is 84.0 Å². The third-order valence-corrected chi connectivity index (χ3v) is 18.0. The number of aryl methyl sites for hydroxylation is 2. The van der Waals surface area contributed by atoms with Crippen LogP contribution in [0.1, 0.15) is 75.1 Å². The summed E-state index contributed by atoms with van der Waals surface area (Å²) < 4.78 is 51.2. The highest BCUT2D eigenvalue weighted by Crippen LogP contribution is 2.54. The molecule has 5 aromatic rings. The summed E-state index contributed by atoms with van der Waals surface area (Å²) in [5, 5.41) is 13.7. The average molecular weight is 1030 g/mol. The van der Waals surface area contributed by atoms with Gasteiger partial charge in [0.2, 0.25) is 23.7 Å². The second-order valence-electron chi connectivity index (χ2n) is 18.2. The highest BCUT2D eigenvalue weighted by Gasteiger charge is 2.35. The number of aromatic nitrogens is 3. The van der Waals surface area contributed by atoms with E-state index in [-0.39, 0.29) is 36.5 Å². The number of anilines is 6. The van der Waals surface area contributed by atoms with Crippen LogP contribution in [0.5, 0.6) is 5.75 Å². The summed E-state index contributed by atoms with van der Waals surface area (Å²) in [7, 11) is -1.01. The molecule has 2 aromatic heterocycles. The van der Waals surface area contributed by atoms with E-state index < -0.39 is 36.5 Å². The molecule has 0 radical (unpaired) electrons. The fourth-order valence-corrected chi connectivity index (χ4v) is 14.0. The predicted molar refractivity (Wildman–Crippen MR) is 269 cm³/mol. The summed E-state index contributed by atoms with van der Waals surface area (Å²) in [5.74, 6) is -2.65. The molecule has 6 heterocycles. The van der Waals surface area contributed by atoms with Crippen molar-refractivity contribution in [2.75, 3.05) is 86.1 Å². The van der Waals surface area contributed by atoms with Gasteiger partial charge in [-0.3, -0.25) is 29.6 Å². The Kier molecular flexibility index (Phi) is 14.5. The number of piperazine rings is 1. The number of ether oxygens (including phenoxy) is 1. The fourth-order valence-electron chi connectivity index (χ4n) is 10.3. The monoisotopic (exact) mass is 1030 g/mol. The van der Waals surface area contributed by atoms with Gasteiger partial charge < -0.3 is 35.1 Å². The SMILES string of the molecule is CCc1ccc2c(P3(=O)CCCC3)c(Nc3nc(Nc4cc(CC)c(N5CCC(N6CCN(C(=O)CNc7cc(F)c(C8CCC(=O)NC8=O)c(F)c7)CC6)CC5)cc4OC)ncc3Br)ccc2n1. The van der Waals surface area contributed by atoms with Crippen LogP contribution in [-0.4, -0.2) is 114 Å². The smallest absolute Gasteiger partial charge is 0.241 e. The predicted octanol–water partition coefficient (Wildman–Crippen LogP) is 8.21. The van der Waals surface area contributed by atoms with E-state index in [1.165, 1.54) is 0 Å². The maximum atomic E-state index is 15.0. The molecule has 4 aliphatic heterocycles. The summed E-state index contributed by atoms with van der Waals surface area (Å²) in [4.78, 5) is 58.0. The Morgan fingerprint density at radius 3 is 2.32 bits per heavy atom. The topological polar surface area (TPSA) is 174 Å². The van der Waals surface area contributed by atoms with Crippen LogP contribution in [0.3, 0.4) is 0 Å². The number of rotatable bonds is 14. The van der Waals surface area contributed by atoms with E-state index in [0.29, 0.717) is 53.4 Å². The van der Waals surface area contributed by atoms with Crippen LogP contribution in [0.4, 0.5) is 43.3 Å². The average Bonchev–Trinajstić information content (AvgIpc) is 3.81. The van der Waals surface area contributed by atoms with Gasteiger partial charge in [0, 0.05) is 110 Å². The maximum Gasteiger partial charge on any atom is 0.241 e. The minimum atomic E-state index is -2.66. The van der Waals surface area contributed by atoms with E-state index in [4.69, 9.17) is 14.7 Å². The molecule has 3 aromatic carbocycles. The van der Waals surface area contributed by atoms with Crippen LogP contribution in [0, 0.1) is 11.6 Å². The first-order chi connectivity index (χ1) is 33.3. The Labute approximate surface area is 409 Å². The zero-order valence-corrected chi connectivity index (χ0v) is 41.7. The molecule has 0 saturated carbocycles. The number of nitrogens with one attached hydrogen (secondary N) is 4. The first-order valence-electron chi connectivity index (χ1n) is 24.0. The Morgan fingerprint density at radius 1 is 0.899 bits per heavy atom. The zero-order valence-electron chi connectivity index (χ0n) is 39.2. The minimum absolute atomic E-state index is 0.00678. The molecule has 364 valence electrons. The summed E-state index contributed by atoms with van der Waals surface area (Å²) in [6.45, 7) is 8.36. The van der Waals surface area contributed by atoms with Gasteiger partial charge in [-0.15, -0.1) is 0 Å². The van der Waals surface area contributed by atoms with Crippen molar-refractivity contribution < 1.29 is 32.5 Å². The van der Waals surface area contributed by atoms with Crippen LogP contribution in [0.2, 0.25) is 0 Å². The second kappa shape index (κ2) is 20.7. The molecule has 4 fully saturated rings. The number of carbonyl (C=O) groups excluding carboxylic acids is 3. The molecule has 0 spiro atoms. The lowest BCUT2D eigenvalue weighted by molar-refractivity contribution is -0.134. The van der Waals surface area contributed by atoms with Gasteiger partial charge >= 0.3 is 0 Å². The summed E-state index contributed by atoms with van der Waals surface area (Å²) in [5.41, 5.74) is 5.36. The molecule has 4 aliphatic rings. The number of imide groups is 1. The number of hydrogen-bond acceptors (Lipinski definition) is 13. The number of carbonyl (C=O) groups is 3. The van der Waals surface area contributed by atoms with Gasteiger partial charge in [-0.2, -0.15) is 4.98 Å². The van der Waals surface area contributed by atoms with Gasteiger partial charge in [0.1, 0.15) is 30.3 Å². The van der Waals surface area contributed by atoms with Crippen molar-refractivity contribution in [3.63, 3.8) is 0 Å². The molecule has 19 heteroatoms. The number of fused-ring (bicyclic) bond motifs is 1.